The van der Waals surface area contributed by atoms with E-state index in [1.165, 1.54) is 0 Å². The van der Waals surface area contributed by atoms with Gasteiger partial charge in [-0.2, -0.15) is 5.10 Å². The predicted octanol–water partition coefficient (Wildman–Crippen LogP) is 1.73. The molecule has 1 aromatic carbocycles. The second-order valence-corrected chi connectivity index (χ2v) is 4.54. The molecule has 0 aliphatic rings. The van der Waals surface area contributed by atoms with Gasteiger partial charge < -0.3 is 10.2 Å². The van der Waals surface area contributed by atoms with Gasteiger partial charge in [0, 0.05) is 33.0 Å². The van der Waals surface area contributed by atoms with Crippen LogP contribution in [0.3, 0.4) is 0 Å². The van der Waals surface area contributed by atoms with Crippen LogP contribution >= 0.6 is 0 Å². The maximum absolute atomic E-state index is 12.1. The average Bonchev–Trinajstić information content (AvgIpc) is 2.81. The highest BCUT2D eigenvalue weighted by Crippen LogP contribution is 2.17. The van der Waals surface area contributed by atoms with E-state index in [1.807, 2.05) is 42.1 Å². The van der Waals surface area contributed by atoms with Crippen LogP contribution in [-0.4, -0.2) is 34.7 Å². The van der Waals surface area contributed by atoms with Crippen LogP contribution < -0.4 is 5.32 Å². The summed E-state index contributed by atoms with van der Waals surface area (Å²) in [7, 11) is 5.40. The fraction of sp³-hybridized carbons (Fsp3) is 0.286. The minimum Gasteiger partial charge on any atom is -0.379 e. The van der Waals surface area contributed by atoms with Gasteiger partial charge in [0.05, 0.1) is 17.8 Å². The minimum absolute atomic E-state index is 0.00638. The highest BCUT2D eigenvalue weighted by molar-refractivity contribution is 5.99. The first-order valence-electron chi connectivity index (χ1n) is 6.11. The molecule has 0 aliphatic heterocycles. The molecule has 5 heteroatoms. The lowest BCUT2D eigenvalue weighted by atomic mass is 10.1. The Morgan fingerprint density at radius 3 is 2.68 bits per heavy atom. The van der Waals surface area contributed by atoms with Crippen LogP contribution in [-0.2, 0) is 13.6 Å². The van der Waals surface area contributed by atoms with Gasteiger partial charge in [0.15, 0.2) is 0 Å². The molecular formula is C14H18N4O. The van der Waals surface area contributed by atoms with Crippen LogP contribution in [0.5, 0.6) is 0 Å². The minimum atomic E-state index is -0.00638. The van der Waals surface area contributed by atoms with Crippen molar-refractivity contribution in [2.75, 3.05) is 19.4 Å². The number of hydrogen-bond donors (Lipinski definition) is 1. The fourth-order valence-electron chi connectivity index (χ4n) is 1.83. The van der Waals surface area contributed by atoms with E-state index in [4.69, 9.17) is 0 Å². The van der Waals surface area contributed by atoms with Crippen LogP contribution in [0.4, 0.5) is 5.69 Å². The lowest BCUT2D eigenvalue weighted by Gasteiger charge is -2.15. The highest BCUT2D eigenvalue weighted by atomic mass is 16.2. The summed E-state index contributed by atoms with van der Waals surface area (Å²) in [6.45, 7) is 0.633. The van der Waals surface area contributed by atoms with Crippen LogP contribution in [0.1, 0.15) is 16.1 Å². The standard InChI is InChI=1S/C14H18N4O/c1-17(2)14(19)12-6-4-5-7-13(12)15-10-11-8-9-16-18(11)3/h4-9,15H,10H2,1-3H3. The quantitative estimate of drug-likeness (QED) is 0.908. The van der Waals surface area contributed by atoms with E-state index in [1.54, 1.807) is 25.2 Å². The maximum Gasteiger partial charge on any atom is 0.255 e. The molecule has 1 N–H and O–H groups in total. The van der Waals surface area contributed by atoms with E-state index in [9.17, 15) is 4.79 Å². The normalized spacial score (nSPS) is 10.3. The van der Waals surface area contributed by atoms with Crippen LogP contribution in [0, 0.1) is 0 Å². The number of benzene rings is 1. The molecule has 2 rings (SSSR count). The van der Waals surface area contributed by atoms with E-state index < -0.39 is 0 Å². The molecule has 0 atom stereocenters. The molecule has 0 bridgehead atoms. The third-order valence-electron chi connectivity index (χ3n) is 2.95. The number of carbonyl (C=O) groups is 1. The van der Waals surface area contributed by atoms with Gasteiger partial charge >= 0.3 is 0 Å². The second-order valence-electron chi connectivity index (χ2n) is 4.54. The van der Waals surface area contributed by atoms with Gasteiger partial charge in [-0.1, -0.05) is 12.1 Å². The molecule has 0 radical (unpaired) electrons. The zero-order valence-electron chi connectivity index (χ0n) is 11.4. The average molecular weight is 258 g/mol. The number of rotatable bonds is 4. The van der Waals surface area contributed by atoms with E-state index in [-0.39, 0.29) is 5.91 Å². The molecule has 1 amide bonds. The molecule has 0 spiro atoms. The van der Waals surface area contributed by atoms with Crippen molar-refractivity contribution in [3.8, 4) is 0 Å². The molecule has 0 aliphatic carbocycles. The Balaban J connectivity index is 2.17. The number of anilines is 1. The fourth-order valence-corrected chi connectivity index (χ4v) is 1.83. The summed E-state index contributed by atoms with van der Waals surface area (Å²) in [5, 5.41) is 7.40. The Labute approximate surface area is 112 Å². The number of hydrogen-bond acceptors (Lipinski definition) is 3. The van der Waals surface area contributed by atoms with Crippen molar-refractivity contribution < 1.29 is 4.79 Å². The van der Waals surface area contributed by atoms with Gasteiger partial charge in [-0.15, -0.1) is 0 Å². The first-order chi connectivity index (χ1) is 9.09. The van der Waals surface area contributed by atoms with Crippen molar-refractivity contribution in [2.45, 2.75) is 6.54 Å². The van der Waals surface area contributed by atoms with Crippen molar-refractivity contribution in [1.29, 1.82) is 0 Å². The molecule has 5 nitrogen and oxygen atoms in total. The predicted molar refractivity (Wildman–Crippen MR) is 75.0 cm³/mol. The lowest BCUT2D eigenvalue weighted by Crippen LogP contribution is -2.23. The largest absolute Gasteiger partial charge is 0.379 e. The molecule has 2 aromatic rings. The smallest absolute Gasteiger partial charge is 0.255 e. The number of nitrogens with zero attached hydrogens (tertiary/aromatic N) is 3. The second kappa shape index (κ2) is 5.56. The summed E-state index contributed by atoms with van der Waals surface area (Å²) < 4.78 is 1.81. The number of aromatic nitrogens is 2. The summed E-state index contributed by atoms with van der Waals surface area (Å²) >= 11 is 0. The third-order valence-corrected chi connectivity index (χ3v) is 2.95. The maximum atomic E-state index is 12.1. The summed E-state index contributed by atoms with van der Waals surface area (Å²) in [6, 6.07) is 9.47. The summed E-state index contributed by atoms with van der Waals surface area (Å²) in [4.78, 5) is 13.6. The van der Waals surface area contributed by atoms with Gasteiger partial charge in [-0.05, 0) is 18.2 Å². The van der Waals surface area contributed by atoms with E-state index in [0.29, 0.717) is 12.1 Å². The molecule has 0 saturated carbocycles. The van der Waals surface area contributed by atoms with Gasteiger partial charge in [0.2, 0.25) is 0 Å². The van der Waals surface area contributed by atoms with Crippen molar-refractivity contribution in [3.63, 3.8) is 0 Å². The van der Waals surface area contributed by atoms with Crippen LogP contribution in [0.25, 0.3) is 0 Å². The van der Waals surface area contributed by atoms with Crippen LogP contribution in [0.15, 0.2) is 36.5 Å². The molecule has 19 heavy (non-hydrogen) atoms. The molecular weight excluding hydrogens is 240 g/mol. The van der Waals surface area contributed by atoms with Crippen molar-refractivity contribution >= 4 is 11.6 Å². The zero-order chi connectivity index (χ0) is 13.8. The number of carbonyl (C=O) groups excluding carboxylic acids is 1. The highest BCUT2D eigenvalue weighted by Gasteiger charge is 2.12. The van der Waals surface area contributed by atoms with Gasteiger partial charge in [0.25, 0.3) is 5.91 Å². The first-order valence-corrected chi connectivity index (χ1v) is 6.11. The SMILES string of the molecule is CN(C)C(=O)c1ccccc1NCc1ccnn1C. The summed E-state index contributed by atoms with van der Waals surface area (Å²) in [5.74, 6) is -0.00638. The molecule has 0 unspecified atom stereocenters. The van der Waals surface area contributed by atoms with E-state index in [0.717, 1.165) is 11.4 Å². The Morgan fingerprint density at radius 2 is 2.05 bits per heavy atom. The molecule has 0 saturated heterocycles. The molecule has 0 fully saturated rings. The van der Waals surface area contributed by atoms with Crippen LogP contribution in [0.2, 0.25) is 0 Å². The number of aryl methyl sites for hydroxylation is 1. The van der Waals surface area contributed by atoms with Gasteiger partial charge in [-0.3, -0.25) is 9.48 Å². The van der Waals surface area contributed by atoms with Crippen molar-refractivity contribution in [1.82, 2.24) is 14.7 Å². The number of amides is 1. The topological polar surface area (TPSA) is 50.2 Å². The Bertz CT molecular complexity index is 574. The zero-order valence-corrected chi connectivity index (χ0v) is 11.4. The Morgan fingerprint density at radius 1 is 1.32 bits per heavy atom. The summed E-state index contributed by atoms with van der Waals surface area (Å²) in [6.07, 6.45) is 1.76. The summed E-state index contributed by atoms with van der Waals surface area (Å²) in [5.41, 5.74) is 2.57. The number of nitrogens with one attached hydrogen (secondary N) is 1. The molecule has 1 heterocycles. The third kappa shape index (κ3) is 2.93. The van der Waals surface area contributed by atoms with Gasteiger partial charge in [-0.25, -0.2) is 0 Å². The monoisotopic (exact) mass is 258 g/mol. The first kappa shape index (κ1) is 13.1. The lowest BCUT2D eigenvalue weighted by molar-refractivity contribution is 0.0828. The number of para-hydroxylation sites is 1. The van der Waals surface area contributed by atoms with E-state index in [2.05, 4.69) is 10.4 Å². The van der Waals surface area contributed by atoms with E-state index >= 15 is 0 Å². The Kier molecular flexibility index (Phi) is 3.85. The van der Waals surface area contributed by atoms with Crippen molar-refractivity contribution in [2.24, 2.45) is 7.05 Å². The molecule has 1 aromatic heterocycles. The molecule has 100 valence electrons. The van der Waals surface area contributed by atoms with Gasteiger partial charge in [0.1, 0.15) is 0 Å². The Hall–Kier alpha value is -2.30. The van der Waals surface area contributed by atoms with Crippen molar-refractivity contribution in [3.05, 3.63) is 47.8 Å².